The van der Waals surface area contributed by atoms with Crippen molar-refractivity contribution in [3.8, 4) is 11.4 Å². The molecule has 0 aliphatic heterocycles. The average Bonchev–Trinajstić information content (AvgIpc) is 2.67. The summed E-state index contributed by atoms with van der Waals surface area (Å²) in [5, 5.41) is 15.3. The normalized spacial score (nSPS) is 12.2. The molecule has 0 unspecified atom stereocenters. The van der Waals surface area contributed by atoms with Crippen LogP contribution in [0.5, 0.6) is 5.75 Å². The molecule has 1 N–H and O–H groups in total. The van der Waals surface area contributed by atoms with Gasteiger partial charge in [-0.2, -0.15) is 5.10 Å². The molecule has 1 aromatic heterocycles. The van der Waals surface area contributed by atoms with Gasteiger partial charge in [0.1, 0.15) is 5.69 Å². The van der Waals surface area contributed by atoms with Crippen LogP contribution in [0.15, 0.2) is 24.3 Å². The van der Waals surface area contributed by atoms with Gasteiger partial charge in [-0.25, -0.2) is 4.68 Å². The zero-order valence-corrected chi connectivity index (χ0v) is 13.2. The lowest BCUT2D eigenvalue weighted by molar-refractivity contribution is 0.437. The van der Waals surface area contributed by atoms with E-state index in [0.29, 0.717) is 5.75 Å². The minimum Gasteiger partial charge on any atom is -0.504 e. The van der Waals surface area contributed by atoms with Gasteiger partial charge in [0.15, 0.2) is 5.75 Å². The van der Waals surface area contributed by atoms with E-state index in [4.69, 9.17) is 5.10 Å². The number of hydrogen-bond acceptors (Lipinski definition) is 2. The highest BCUT2D eigenvalue weighted by Crippen LogP contribution is 2.37. The molecule has 0 aliphatic carbocycles. The maximum absolute atomic E-state index is 10.6. The number of benzene rings is 1. The Balaban J connectivity index is 2.74. The van der Waals surface area contributed by atoms with Gasteiger partial charge in [0.25, 0.3) is 0 Å². The summed E-state index contributed by atoms with van der Waals surface area (Å²) in [6.45, 7) is 12.4. The number of aromatic nitrogens is 2. The molecule has 0 amide bonds. The quantitative estimate of drug-likeness (QED) is 0.884. The molecule has 2 aromatic rings. The number of nitrogens with zero attached hydrogens (tertiary/aromatic N) is 2. The van der Waals surface area contributed by atoms with Crippen LogP contribution in [0.1, 0.15) is 57.5 Å². The summed E-state index contributed by atoms with van der Waals surface area (Å²) in [4.78, 5) is 0. The Morgan fingerprint density at radius 3 is 2.25 bits per heavy atom. The molecule has 3 heteroatoms. The molecular formula is C17H24N2O. The van der Waals surface area contributed by atoms with E-state index < -0.39 is 0 Å². The van der Waals surface area contributed by atoms with Crippen molar-refractivity contribution in [3.05, 3.63) is 41.2 Å². The summed E-state index contributed by atoms with van der Waals surface area (Å²) in [6, 6.07) is 8.12. The lowest BCUT2D eigenvalue weighted by Crippen LogP contribution is -2.13. The number of aryl methyl sites for hydroxylation is 1. The van der Waals surface area contributed by atoms with E-state index in [1.807, 2.05) is 22.9 Å². The third-order valence-electron chi connectivity index (χ3n) is 3.50. The Bertz CT molecular complexity index is 618. The number of aromatic hydroxyl groups is 1. The second-order valence-electron chi connectivity index (χ2n) is 6.69. The third kappa shape index (κ3) is 2.45. The minimum atomic E-state index is -0.179. The Labute approximate surface area is 121 Å². The Morgan fingerprint density at radius 2 is 1.75 bits per heavy atom. The van der Waals surface area contributed by atoms with Crippen LogP contribution in [0, 0.1) is 6.92 Å². The molecule has 1 aromatic carbocycles. The molecule has 0 radical (unpaired) electrons. The van der Waals surface area contributed by atoms with Crippen molar-refractivity contribution in [3.63, 3.8) is 0 Å². The van der Waals surface area contributed by atoms with Gasteiger partial charge < -0.3 is 5.11 Å². The van der Waals surface area contributed by atoms with Crippen molar-refractivity contribution in [2.45, 2.75) is 52.9 Å². The standard InChI is InChI=1S/C17H24N2O/c1-11(2)14-15(20)16(17(4,5)6)18-19(14)13-10-8-7-9-12(13)3/h7-11,20H,1-6H3. The number of para-hydroxylation sites is 1. The first-order chi connectivity index (χ1) is 9.23. The molecule has 1 heterocycles. The molecule has 2 rings (SSSR count). The molecular weight excluding hydrogens is 248 g/mol. The van der Waals surface area contributed by atoms with Crippen molar-refractivity contribution >= 4 is 0 Å². The van der Waals surface area contributed by atoms with Gasteiger partial charge >= 0.3 is 0 Å². The van der Waals surface area contributed by atoms with Crippen molar-refractivity contribution in [1.29, 1.82) is 0 Å². The smallest absolute Gasteiger partial charge is 0.161 e. The minimum absolute atomic E-state index is 0.179. The van der Waals surface area contributed by atoms with E-state index in [1.54, 1.807) is 0 Å². The van der Waals surface area contributed by atoms with Crippen molar-refractivity contribution in [1.82, 2.24) is 9.78 Å². The first-order valence-corrected chi connectivity index (χ1v) is 7.12. The maximum atomic E-state index is 10.6. The molecule has 0 spiro atoms. The highest BCUT2D eigenvalue weighted by Gasteiger charge is 2.28. The predicted molar refractivity (Wildman–Crippen MR) is 82.8 cm³/mol. The lowest BCUT2D eigenvalue weighted by atomic mass is 9.91. The largest absolute Gasteiger partial charge is 0.504 e. The summed E-state index contributed by atoms with van der Waals surface area (Å²) in [7, 11) is 0. The van der Waals surface area contributed by atoms with E-state index in [-0.39, 0.29) is 11.3 Å². The Hall–Kier alpha value is -1.77. The molecule has 0 saturated carbocycles. The summed E-state index contributed by atoms with van der Waals surface area (Å²) >= 11 is 0. The SMILES string of the molecule is Cc1ccccc1-n1nc(C(C)(C)C)c(O)c1C(C)C. The summed E-state index contributed by atoms with van der Waals surface area (Å²) in [6.07, 6.45) is 0. The fourth-order valence-corrected chi connectivity index (χ4v) is 2.43. The molecule has 0 bridgehead atoms. The monoisotopic (exact) mass is 272 g/mol. The van der Waals surface area contributed by atoms with Crippen LogP contribution in [0.3, 0.4) is 0 Å². The highest BCUT2D eigenvalue weighted by atomic mass is 16.3. The van der Waals surface area contributed by atoms with Gasteiger partial charge in [0, 0.05) is 5.41 Å². The molecule has 0 saturated heterocycles. The predicted octanol–water partition coefficient (Wildman–Crippen LogP) is 4.31. The zero-order chi connectivity index (χ0) is 15.1. The van der Waals surface area contributed by atoms with E-state index in [1.165, 1.54) is 0 Å². The van der Waals surface area contributed by atoms with Crippen LogP contribution in [0.4, 0.5) is 0 Å². The molecule has 0 fully saturated rings. The van der Waals surface area contributed by atoms with E-state index >= 15 is 0 Å². The van der Waals surface area contributed by atoms with Gasteiger partial charge in [-0.1, -0.05) is 52.8 Å². The van der Waals surface area contributed by atoms with Gasteiger partial charge in [0.05, 0.1) is 11.4 Å². The molecule has 0 atom stereocenters. The van der Waals surface area contributed by atoms with Crippen LogP contribution >= 0.6 is 0 Å². The van der Waals surface area contributed by atoms with Crippen LogP contribution in [0.25, 0.3) is 5.69 Å². The molecule has 0 aliphatic rings. The number of hydrogen-bond donors (Lipinski definition) is 1. The van der Waals surface area contributed by atoms with Crippen molar-refractivity contribution < 1.29 is 5.11 Å². The number of rotatable bonds is 2. The van der Waals surface area contributed by atoms with Crippen LogP contribution < -0.4 is 0 Å². The maximum Gasteiger partial charge on any atom is 0.161 e. The summed E-state index contributed by atoms with van der Waals surface area (Å²) in [5.74, 6) is 0.536. The molecule has 108 valence electrons. The average molecular weight is 272 g/mol. The molecule has 20 heavy (non-hydrogen) atoms. The molecule has 3 nitrogen and oxygen atoms in total. The topological polar surface area (TPSA) is 38.0 Å². The summed E-state index contributed by atoms with van der Waals surface area (Å²) in [5.41, 5.74) is 3.63. The van der Waals surface area contributed by atoms with Gasteiger partial charge in [-0.05, 0) is 24.5 Å². The van der Waals surface area contributed by atoms with Crippen molar-refractivity contribution in [2.24, 2.45) is 0 Å². The van der Waals surface area contributed by atoms with E-state index in [0.717, 1.165) is 22.6 Å². The fourth-order valence-electron chi connectivity index (χ4n) is 2.43. The van der Waals surface area contributed by atoms with Gasteiger partial charge in [0.2, 0.25) is 0 Å². The lowest BCUT2D eigenvalue weighted by Gasteiger charge is -2.15. The van der Waals surface area contributed by atoms with Crippen LogP contribution in [-0.2, 0) is 5.41 Å². The summed E-state index contributed by atoms with van der Waals surface area (Å²) < 4.78 is 1.90. The van der Waals surface area contributed by atoms with Crippen LogP contribution in [0.2, 0.25) is 0 Å². The van der Waals surface area contributed by atoms with Gasteiger partial charge in [-0.3, -0.25) is 0 Å². The zero-order valence-electron chi connectivity index (χ0n) is 13.2. The Morgan fingerprint density at radius 1 is 1.15 bits per heavy atom. The second-order valence-corrected chi connectivity index (χ2v) is 6.69. The van der Waals surface area contributed by atoms with Gasteiger partial charge in [-0.15, -0.1) is 0 Å². The fraction of sp³-hybridized carbons (Fsp3) is 0.471. The van der Waals surface area contributed by atoms with Crippen LogP contribution in [-0.4, -0.2) is 14.9 Å². The first-order valence-electron chi connectivity index (χ1n) is 7.12. The van der Waals surface area contributed by atoms with E-state index in [2.05, 4.69) is 47.6 Å². The van der Waals surface area contributed by atoms with E-state index in [9.17, 15) is 5.11 Å². The highest BCUT2D eigenvalue weighted by molar-refractivity contribution is 5.47. The van der Waals surface area contributed by atoms with Crippen molar-refractivity contribution in [2.75, 3.05) is 0 Å². The Kier molecular flexibility index (Phi) is 3.63. The third-order valence-corrected chi connectivity index (χ3v) is 3.50. The second kappa shape index (κ2) is 4.97. The first kappa shape index (κ1) is 14.6.